The quantitative estimate of drug-likeness (QED) is 0.116. The third-order valence-electron chi connectivity index (χ3n) is 6.82. The van der Waals surface area contributed by atoms with Crippen LogP contribution in [0.25, 0.3) is 0 Å². The fourth-order valence-corrected chi connectivity index (χ4v) is 6.62. The van der Waals surface area contributed by atoms with Crippen LogP contribution in [0.1, 0.15) is 45.8 Å². The number of phosphoric acid groups is 2. The minimum absolute atomic E-state index is 0.0319. The summed E-state index contributed by atoms with van der Waals surface area (Å²) >= 11 is 0. The van der Waals surface area contributed by atoms with Crippen molar-refractivity contribution >= 4 is 39.7 Å². The predicted molar refractivity (Wildman–Crippen MR) is 174 cm³/mol. The van der Waals surface area contributed by atoms with Crippen LogP contribution in [-0.2, 0) is 41.5 Å². The first-order chi connectivity index (χ1) is 24.8. The molecule has 19 nitrogen and oxygen atoms in total. The summed E-state index contributed by atoms with van der Waals surface area (Å²) in [5.41, 5.74) is -1.05. The molecule has 0 saturated carbocycles. The molecule has 1 N–H and O–H groups in total. The molecule has 1 aliphatic heterocycles. The first-order valence-electron chi connectivity index (χ1n) is 15.8. The number of hydrogen-bond acceptors (Lipinski definition) is 17. The molecule has 0 bridgehead atoms. The van der Waals surface area contributed by atoms with Gasteiger partial charge in [-0.1, -0.05) is 56.7 Å². The standard InChI is InChI=1S/C31H37N3O16P2/c1-3-5-16-25(35)32-24-17-18-34(29(36)33-24)28-27(49-31(38)46-22-14-10-7-11-15-22)26(48-30(37)45-21-12-8-6-9-13-21)23(47-28)20-44-52(41,42)50-51(39,40)43-19-4-2/h6-15,17-18,23,26-28H,3-5,16,19-20H2,1-2H3,(H,39,40)(H,41,42)(H,32,33,35,36)/p-2/t23-,26+,27?,28-/m1/s1. The van der Waals surface area contributed by atoms with E-state index in [4.69, 9.17) is 28.2 Å². The van der Waals surface area contributed by atoms with Gasteiger partial charge in [-0.05, 0) is 43.2 Å². The Morgan fingerprint density at radius 2 is 1.42 bits per heavy atom. The number of phosphoric ester groups is 2. The van der Waals surface area contributed by atoms with Gasteiger partial charge in [0.1, 0.15) is 23.4 Å². The van der Waals surface area contributed by atoms with E-state index in [-0.39, 0.29) is 36.8 Å². The van der Waals surface area contributed by atoms with Gasteiger partial charge < -0.3 is 47.8 Å². The zero-order chi connectivity index (χ0) is 37.7. The van der Waals surface area contributed by atoms with E-state index >= 15 is 0 Å². The molecule has 1 aromatic heterocycles. The van der Waals surface area contributed by atoms with E-state index in [2.05, 4.69) is 19.1 Å². The maximum atomic E-state index is 13.3. The summed E-state index contributed by atoms with van der Waals surface area (Å²) in [4.78, 5) is 79.9. The van der Waals surface area contributed by atoms with Crippen LogP contribution in [0.2, 0.25) is 0 Å². The number of rotatable bonds is 17. The topological polar surface area (TPSA) is 252 Å². The van der Waals surface area contributed by atoms with Crippen LogP contribution in [0.4, 0.5) is 15.4 Å². The normalized spacial score (nSPS) is 20.5. The van der Waals surface area contributed by atoms with Crippen molar-refractivity contribution in [3.05, 3.63) is 83.4 Å². The summed E-state index contributed by atoms with van der Waals surface area (Å²) in [5.74, 6) is -0.438. The van der Waals surface area contributed by atoms with Crippen LogP contribution in [0.5, 0.6) is 11.5 Å². The van der Waals surface area contributed by atoms with Crippen molar-refractivity contribution in [2.24, 2.45) is 0 Å². The SMILES string of the molecule is CCCCC(=O)Nc1ccn([C@@H]2O[C@H](COP(=O)([O-])OP(=O)([O-])OCCC)[C@H](OC(=O)Oc3ccccc3)C2OC(=O)Oc2ccccc2)c(=O)n1. The van der Waals surface area contributed by atoms with Crippen LogP contribution in [0, 0.1) is 0 Å². The lowest BCUT2D eigenvalue weighted by Gasteiger charge is -2.31. The minimum Gasteiger partial charge on any atom is -0.756 e. The van der Waals surface area contributed by atoms with Crippen LogP contribution in [0.3, 0.4) is 0 Å². The molecule has 21 heteroatoms. The van der Waals surface area contributed by atoms with Gasteiger partial charge in [-0.15, -0.1) is 0 Å². The van der Waals surface area contributed by atoms with Gasteiger partial charge >= 0.3 is 18.0 Å². The summed E-state index contributed by atoms with van der Waals surface area (Å²) in [6.07, 6.45) is -6.97. The Labute approximate surface area is 296 Å². The first-order valence-corrected chi connectivity index (χ1v) is 18.7. The van der Waals surface area contributed by atoms with Crippen molar-refractivity contribution in [1.29, 1.82) is 0 Å². The second-order valence-electron chi connectivity index (χ2n) is 10.8. The summed E-state index contributed by atoms with van der Waals surface area (Å²) in [7, 11) is -11.1. The molecule has 1 aliphatic rings. The predicted octanol–water partition coefficient (Wildman–Crippen LogP) is 3.83. The fraction of sp³-hybridized carbons (Fsp3) is 0.387. The van der Waals surface area contributed by atoms with Gasteiger partial charge in [-0.2, -0.15) is 4.98 Å². The summed E-state index contributed by atoms with van der Waals surface area (Å²) in [6, 6.07) is 16.5. The average Bonchev–Trinajstić information content (AvgIpc) is 3.41. The van der Waals surface area contributed by atoms with Crippen LogP contribution < -0.4 is 30.3 Å². The van der Waals surface area contributed by atoms with Crippen molar-refractivity contribution in [1.82, 2.24) is 9.55 Å². The molecule has 1 fully saturated rings. The van der Waals surface area contributed by atoms with Gasteiger partial charge in [0.05, 0.1) is 13.2 Å². The van der Waals surface area contributed by atoms with Crippen molar-refractivity contribution in [2.45, 2.75) is 64.1 Å². The number of aromatic nitrogens is 2. The number of benzene rings is 2. The second-order valence-corrected chi connectivity index (χ2v) is 13.8. The molecule has 3 unspecified atom stereocenters. The molecule has 0 radical (unpaired) electrons. The van der Waals surface area contributed by atoms with Gasteiger partial charge in [0.2, 0.25) is 5.91 Å². The molecule has 282 valence electrons. The van der Waals surface area contributed by atoms with Crippen molar-refractivity contribution in [2.75, 3.05) is 18.5 Å². The molecule has 2 aromatic carbocycles. The minimum atomic E-state index is -5.70. The second kappa shape index (κ2) is 18.9. The van der Waals surface area contributed by atoms with Crippen LogP contribution in [0.15, 0.2) is 77.7 Å². The van der Waals surface area contributed by atoms with E-state index in [1.165, 1.54) is 30.3 Å². The highest BCUT2D eigenvalue weighted by atomic mass is 31.3. The molecule has 1 saturated heterocycles. The lowest BCUT2D eigenvalue weighted by Crippen LogP contribution is -2.43. The smallest absolute Gasteiger partial charge is 0.514 e. The molecule has 0 spiro atoms. The third-order valence-corrected chi connectivity index (χ3v) is 9.38. The maximum absolute atomic E-state index is 13.3. The van der Waals surface area contributed by atoms with E-state index in [0.717, 1.165) is 17.2 Å². The number of ether oxygens (including phenoxy) is 5. The summed E-state index contributed by atoms with van der Waals surface area (Å²) in [5, 5.41) is 2.49. The summed E-state index contributed by atoms with van der Waals surface area (Å²) < 4.78 is 65.9. The Morgan fingerprint density at radius 3 is 1.98 bits per heavy atom. The van der Waals surface area contributed by atoms with Gasteiger partial charge in [-0.3, -0.25) is 18.5 Å². The Balaban J connectivity index is 1.66. The van der Waals surface area contributed by atoms with Crippen molar-refractivity contribution in [3.63, 3.8) is 0 Å². The molecule has 2 heterocycles. The number of carbonyl (C=O) groups is 3. The van der Waals surface area contributed by atoms with E-state index in [0.29, 0.717) is 6.42 Å². The fourth-order valence-electron chi connectivity index (χ4n) is 4.53. The number of amides is 1. The number of nitrogens with zero attached hydrogens (tertiary/aromatic N) is 2. The number of carbonyl (C=O) groups excluding carboxylic acids is 3. The Morgan fingerprint density at radius 1 is 0.846 bits per heavy atom. The van der Waals surface area contributed by atoms with Crippen molar-refractivity contribution < 1.29 is 70.3 Å². The Bertz CT molecular complexity index is 1810. The number of nitrogens with one attached hydrogen (secondary N) is 1. The number of unbranched alkanes of at least 4 members (excludes halogenated alkanes) is 1. The monoisotopic (exact) mass is 767 g/mol. The third kappa shape index (κ3) is 12.4. The zero-order valence-corrected chi connectivity index (χ0v) is 29.6. The van der Waals surface area contributed by atoms with E-state index in [9.17, 15) is 38.1 Å². The molecular formula is C31H35N3O16P2-2. The maximum Gasteiger partial charge on any atom is 0.514 e. The molecule has 1 amide bonds. The summed E-state index contributed by atoms with van der Waals surface area (Å²) in [6.45, 7) is 1.97. The Kier molecular flexibility index (Phi) is 14.6. The highest BCUT2D eigenvalue weighted by molar-refractivity contribution is 7.59. The van der Waals surface area contributed by atoms with E-state index < -0.39 is 70.7 Å². The number of anilines is 1. The number of para-hydroxylation sites is 2. The van der Waals surface area contributed by atoms with Crippen molar-refractivity contribution in [3.8, 4) is 11.5 Å². The van der Waals surface area contributed by atoms with Gasteiger partial charge in [-0.25, -0.2) is 18.7 Å². The average molecular weight is 768 g/mol. The molecule has 4 rings (SSSR count). The van der Waals surface area contributed by atoms with Crippen LogP contribution >= 0.6 is 15.6 Å². The molecule has 6 atom stereocenters. The molecule has 0 aliphatic carbocycles. The zero-order valence-electron chi connectivity index (χ0n) is 27.8. The first kappa shape index (κ1) is 40.3. The lowest BCUT2D eigenvalue weighted by atomic mass is 10.1. The van der Waals surface area contributed by atoms with Gasteiger partial charge in [0, 0.05) is 12.6 Å². The Hall–Kier alpha value is -4.45. The largest absolute Gasteiger partial charge is 0.756 e. The molecule has 3 aromatic rings. The molecule has 52 heavy (non-hydrogen) atoms. The van der Waals surface area contributed by atoms with Crippen LogP contribution in [-0.4, -0.2) is 59.3 Å². The number of hydrogen-bond donors (Lipinski definition) is 1. The van der Waals surface area contributed by atoms with E-state index in [1.54, 1.807) is 43.3 Å². The highest BCUT2D eigenvalue weighted by Gasteiger charge is 2.52. The molecular weight excluding hydrogens is 732 g/mol. The van der Waals surface area contributed by atoms with E-state index in [1.807, 2.05) is 6.92 Å². The van der Waals surface area contributed by atoms with Gasteiger partial charge in [0.25, 0.3) is 15.6 Å². The highest BCUT2D eigenvalue weighted by Crippen LogP contribution is 2.56. The lowest BCUT2D eigenvalue weighted by molar-refractivity contribution is -0.245. The van der Waals surface area contributed by atoms with Gasteiger partial charge in [0.15, 0.2) is 18.4 Å².